The van der Waals surface area contributed by atoms with Crippen molar-refractivity contribution in [2.24, 2.45) is 0 Å². The number of aromatic nitrogens is 3. The Morgan fingerprint density at radius 1 is 1.22 bits per heavy atom. The molecule has 0 radical (unpaired) electrons. The smallest absolute Gasteiger partial charge is 0.278 e. The lowest BCUT2D eigenvalue weighted by molar-refractivity contribution is -0.00174. The summed E-state index contributed by atoms with van der Waals surface area (Å²) in [5.74, 6) is -1.20. The molecule has 0 fully saturated rings. The van der Waals surface area contributed by atoms with Gasteiger partial charge in [-0.3, -0.25) is 4.79 Å². The average molecular weight is 370 g/mol. The molecule has 1 aromatic heterocycles. The molecular formula is C19H16F2N4O2. The SMILES string of the molecule is Cc1ccc(NC(=O)c2nnn3c2CO[C@H](c2ccc(F)cc2)C3)cc1F. The molecule has 0 bridgehead atoms. The molecule has 1 atom stereocenters. The molecule has 3 aromatic rings. The molecule has 8 heteroatoms. The highest BCUT2D eigenvalue weighted by molar-refractivity contribution is 6.03. The largest absolute Gasteiger partial charge is 0.365 e. The summed E-state index contributed by atoms with van der Waals surface area (Å²) in [5.41, 5.74) is 2.32. The molecule has 4 rings (SSSR count). The Hall–Kier alpha value is -3.13. The third-order valence-corrected chi connectivity index (χ3v) is 4.48. The Morgan fingerprint density at radius 2 is 2.00 bits per heavy atom. The van der Waals surface area contributed by atoms with Crippen LogP contribution in [0.2, 0.25) is 0 Å². The first-order valence-electron chi connectivity index (χ1n) is 8.38. The van der Waals surface area contributed by atoms with Crippen LogP contribution in [0.5, 0.6) is 0 Å². The Morgan fingerprint density at radius 3 is 2.74 bits per heavy atom. The summed E-state index contributed by atoms with van der Waals surface area (Å²) in [6.07, 6.45) is -0.304. The van der Waals surface area contributed by atoms with Crippen molar-refractivity contribution in [2.45, 2.75) is 26.2 Å². The monoisotopic (exact) mass is 370 g/mol. The van der Waals surface area contributed by atoms with Gasteiger partial charge in [0.25, 0.3) is 5.91 Å². The van der Waals surface area contributed by atoms with Gasteiger partial charge in [0.15, 0.2) is 5.69 Å². The van der Waals surface area contributed by atoms with E-state index in [0.717, 1.165) is 5.56 Å². The predicted molar refractivity (Wildman–Crippen MR) is 93.0 cm³/mol. The number of rotatable bonds is 3. The van der Waals surface area contributed by atoms with Crippen LogP contribution in [0, 0.1) is 18.6 Å². The van der Waals surface area contributed by atoms with Gasteiger partial charge in [-0.25, -0.2) is 13.5 Å². The van der Waals surface area contributed by atoms with Crippen LogP contribution < -0.4 is 5.32 Å². The summed E-state index contributed by atoms with van der Waals surface area (Å²) in [6.45, 7) is 2.14. The number of hydrogen-bond donors (Lipinski definition) is 1. The number of amides is 1. The summed E-state index contributed by atoms with van der Waals surface area (Å²) in [5, 5.41) is 10.6. The Bertz CT molecular complexity index is 1000. The van der Waals surface area contributed by atoms with Crippen molar-refractivity contribution in [1.82, 2.24) is 15.0 Å². The summed E-state index contributed by atoms with van der Waals surface area (Å²) >= 11 is 0. The van der Waals surface area contributed by atoms with Crippen LogP contribution in [-0.2, 0) is 17.9 Å². The van der Waals surface area contributed by atoms with E-state index in [4.69, 9.17) is 4.74 Å². The predicted octanol–water partition coefficient (Wildman–Crippen LogP) is 3.39. The topological polar surface area (TPSA) is 69.0 Å². The molecule has 1 aliphatic heterocycles. The van der Waals surface area contributed by atoms with E-state index in [1.807, 2.05) is 0 Å². The van der Waals surface area contributed by atoms with Gasteiger partial charge in [-0.1, -0.05) is 23.4 Å². The minimum absolute atomic E-state index is 0.133. The van der Waals surface area contributed by atoms with Crippen LogP contribution in [0.15, 0.2) is 42.5 Å². The highest BCUT2D eigenvalue weighted by Crippen LogP contribution is 2.27. The zero-order valence-corrected chi connectivity index (χ0v) is 14.4. The second kappa shape index (κ2) is 6.88. The maximum atomic E-state index is 13.6. The first-order chi connectivity index (χ1) is 13.0. The van der Waals surface area contributed by atoms with E-state index < -0.39 is 11.7 Å². The molecule has 1 aliphatic rings. The van der Waals surface area contributed by atoms with Gasteiger partial charge in [-0.15, -0.1) is 5.10 Å². The number of nitrogens with zero attached hydrogens (tertiary/aromatic N) is 3. The molecule has 138 valence electrons. The van der Waals surface area contributed by atoms with Gasteiger partial charge in [-0.05, 0) is 42.3 Å². The molecule has 0 saturated carbocycles. The van der Waals surface area contributed by atoms with Gasteiger partial charge in [0.2, 0.25) is 0 Å². The number of anilines is 1. The highest BCUT2D eigenvalue weighted by atomic mass is 19.1. The quantitative estimate of drug-likeness (QED) is 0.767. The van der Waals surface area contributed by atoms with Gasteiger partial charge >= 0.3 is 0 Å². The van der Waals surface area contributed by atoms with Crippen molar-refractivity contribution < 1.29 is 18.3 Å². The molecular weight excluding hydrogens is 354 g/mol. The number of hydrogen-bond acceptors (Lipinski definition) is 4. The molecule has 1 amide bonds. The minimum atomic E-state index is -0.483. The number of carbonyl (C=O) groups excluding carboxylic acids is 1. The molecule has 0 spiro atoms. The lowest BCUT2D eigenvalue weighted by Gasteiger charge is -2.24. The molecule has 2 aromatic carbocycles. The van der Waals surface area contributed by atoms with Crippen LogP contribution in [0.4, 0.5) is 14.5 Å². The van der Waals surface area contributed by atoms with Gasteiger partial charge in [0.05, 0.1) is 18.8 Å². The Kier molecular flexibility index (Phi) is 4.41. The number of fused-ring (bicyclic) bond motifs is 1. The van der Waals surface area contributed by atoms with E-state index in [0.29, 0.717) is 23.5 Å². The summed E-state index contributed by atoms with van der Waals surface area (Å²) in [7, 11) is 0. The molecule has 0 aliphatic carbocycles. The number of nitrogens with one attached hydrogen (secondary N) is 1. The number of aryl methyl sites for hydroxylation is 1. The van der Waals surface area contributed by atoms with Crippen LogP contribution >= 0.6 is 0 Å². The third kappa shape index (κ3) is 3.43. The molecule has 2 heterocycles. The van der Waals surface area contributed by atoms with Crippen LogP contribution in [0.3, 0.4) is 0 Å². The number of ether oxygens (including phenoxy) is 1. The summed E-state index contributed by atoms with van der Waals surface area (Å²) in [4.78, 5) is 12.5. The van der Waals surface area contributed by atoms with Crippen LogP contribution in [0.25, 0.3) is 0 Å². The second-order valence-electron chi connectivity index (χ2n) is 6.34. The van der Waals surface area contributed by atoms with E-state index in [1.54, 1.807) is 35.9 Å². The lowest BCUT2D eigenvalue weighted by Crippen LogP contribution is -2.24. The number of carbonyl (C=O) groups is 1. The standard InChI is InChI=1S/C19H16F2N4O2/c1-11-2-7-14(8-15(11)21)22-19(26)18-16-10-27-17(9-25(16)24-23-18)12-3-5-13(20)6-4-12/h2-8,17H,9-10H2,1H3,(H,22,26)/t17-/m0/s1. The maximum absolute atomic E-state index is 13.6. The second-order valence-corrected chi connectivity index (χ2v) is 6.34. The van der Waals surface area contributed by atoms with Crippen molar-refractivity contribution >= 4 is 11.6 Å². The Balaban J connectivity index is 1.51. The van der Waals surface area contributed by atoms with E-state index in [1.165, 1.54) is 18.2 Å². The van der Waals surface area contributed by atoms with E-state index >= 15 is 0 Å². The number of benzene rings is 2. The van der Waals surface area contributed by atoms with Gasteiger partial charge in [0, 0.05) is 5.69 Å². The van der Waals surface area contributed by atoms with Crippen molar-refractivity contribution in [3.05, 3.63) is 76.6 Å². The first kappa shape index (κ1) is 17.3. The van der Waals surface area contributed by atoms with E-state index in [-0.39, 0.29) is 24.2 Å². The fourth-order valence-electron chi connectivity index (χ4n) is 2.93. The average Bonchev–Trinajstić information content (AvgIpc) is 3.08. The molecule has 27 heavy (non-hydrogen) atoms. The molecule has 0 unspecified atom stereocenters. The maximum Gasteiger partial charge on any atom is 0.278 e. The summed E-state index contributed by atoms with van der Waals surface area (Å²) < 4.78 is 34.1. The van der Waals surface area contributed by atoms with Crippen molar-refractivity contribution in [1.29, 1.82) is 0 Å². The van der Waals surface area contributed by atoms with Gasteiger partial charge < -0.3 is 10.1 Å². The molecule has 0 saturated heterocycles. The number of halogens is 2. The van der Waals surface area contributed by atoms with Crippen molar-refractivity contribution in [3.8, 4) is 0 Å². The highest BCUT2D eigenvalue weighted by Gasteiger charge is 2.27. The zero-order valence-electron chi connectivity index (χ0n) is 14.4. The Labute approximate surface area is 153 Å². The first-order valence-corrected chi connectivity index (χ1v) is 8.38. The molecule has 1 N–H and O–H groups in total. The summed E-state index contributed by atoms with van der Waals surface area (Å²) in [6, 6.07) is 10.5. The van der Waals surface area contributed by atoms with Crippen molar-refractivity contribution in [3.63, 3.8) is 0 Å². The lowest BCUT2D eigenvalue weighted by atomic mass is 10.1. The minimum Gasteiger partial charge on any atom is -0.365 e. The fraction of sp³-hybridized carbons (Fsp3) is 0.211. The fourth-order valence-corrected chi connectivity index (χ4v) is 2.93. The van der Waals surface area contributed by atoms with E-state index in [2.05, 4.69) is 15.6 Å². The molecule has 6 nitrogen and oxygen atoms in total. The van der Waals surface area contributed by atoms with Gasteiger partial charge in [-0.2, -0.15) is 0 Å². The van der Waals surface area contributed by atoms with Crippen LogP contribution in [0.1, 0.15) is 33.4 Å². The third-order valence-electron chi connectivity index (χ3n) is 4.48. The zero-order chi connectivity index (χ0) is 19.0. The normalized spacial score (nSPS) is 16.0. The van der Waals surface area contributed by atoms with E-state index in [9.17, 15) is 13.6 Å². The van der Waals surface area contributed by atoms with Crippen molar-refractivity contribution in [2.75, 3.05) is 5.32 Å². The van der Waals surface area contributed by atoms with Gasteiger partial charge in [0.1, 0.15) is 17.7 Å². The van der Waals surface area contributed by atoms with Crippen LogP contribution in [-0.4, -0.2) is 20.9 Å².